The van der Waals surface area contributed by atoms with E-state index >= 15 is 0 Å². The highest BCUT2D eigenvalue weighted by Crippen LogP contribution is 2.41. The molecule has 0 spiro atoms. The van der Waals surface area contributed by atoms with Crippen molar-refractivity contribution in [2.75, 3.05) is 12.0 Å². The fraction of sp³-hybridized carbons (Fsp3) is 0.688. The molecule has 2 atom stereocenters. The van der Waals surface area contributed by atoms with Crippen LogP contribution in [-0.4, -0.2) is 33.8 Å². The minimum Gasteiger partial charge on any atom is -0.449 e. The van der Waals surface area contributed by atoms with Gasteiger partial charge in [0.1, 0.15) is 0 Å². The number of nitrogens with two attached hydrogens (primary N) is 1. The van der Waals surface area contributed by atoms with Crippen molar-refractivity contribution in [2.45, 2.75) is 64.0 Å². The number of carbonyl (C=O) groups excluding carboxylic acids is 1. The van der Waals surface area contributed by atoms with Crippen molar-refractivity contribution in [1.29, 1.82) is 0 Å². The predicted molar refractivity (Wildman–Crippen MR) is 86.6 cm³/mol. The molecule has 7 nitrogen and oxygen atoms in total. The van der Waals surface area contributed by atoms with Gasteiger partial charge in [0.05, 0.1) is 18.3 Å². The van der Waals surface area contributed by atoms with E-state index in [1.165, 1.54) is 0 Å². The number of nitrogen functional groups attached to an aromatic ring is 1. The zero-order valence-electron chi connectivity index (χ0n) is 13.6. The van der Waals surface area contributed by atoms with E-state index < -0.39 is 0 Å². The van der Waals surface area contributed by atoms with Crippen molar-refractivity contribution in [1.82, 2.24) is 15.1 Å². The predicted octanol–water partition coefficient (Wildman–Crippen LogP) is 2.54. The second kappa shape index (κ2) is 7.12. The normalized spacial score (nSPS) is 22.4. The minimum atomic E-state index is -0.194. The SMILES string of the molecule is CCCCCOC(=O)N1C2CCCC1c1cc(NN)nnc1C2. The van der Waals surface area contributed by atoms with Gasteiger partial charge >= 0.3 is 6.09 Å². The molecule has 1 amide bonds. The number of hydrazine groups is 1. The lowest BCUT2D eigenvalue weighted by molar-refractivity contribution is 0.0370. The van der Waals surface area contributed by atoms with Crippen molar-refractivity contribution < 1.29 is 9.53 Å². The number of nitrogens with one attached hydrogen (secondary N) is 1. The van der Waals surface area contributed by atoms with Crippen molar-refractivity contribution >= 4 is 11.9 Å². The van der Waals surface area contributed by atoms with Gasteiger partial charge in [-0.3, -0.25) is 4.90 Å². The Labute approximate surface area is 136 Å². The number of ether oxygens (including phenoxy) is 1. The Hall–Kier alpha value is -1.89. The quantitative estimate of drug-likeness (QED) is 0.492. The molecule has 2 unspecified atom stereocenters. The van der Waals surface area contributed by atoms with Gasteiger partial charge in [-0.05, 0) is 31.7 Å². The summed E-state index contributed by atoms with van der Waals surface area (Å²) in [5.74, 6) is 5.97. The molecule has 126 valence electrons. The standard InChI is InChI=1S/C16H25N5O2/c1-2-3-4-8-23-16(22)21-11-6-5-7-14(21)12-10-15(18-17)20-19-13(12)9-11/h10-11,14H,2-9,17H2,1H3,(H,18,20). The zero-order chi connectivity index (χ0) is 16.2. The highest BCUT2D eigenvalue weighted by atomic mass is 16.6. The Bertz CT molecular complexity index is 565. The average molecular weight is 319 g/mol. The number of nitrogens with zero attached hydrogens (tertiary/aromatic N) is 3. The fourth-order valence-electron chi connectivity index (χ4n) is 3.62. The molecular formula is C16H25N5O2. The number of rotatable bonds is 5. The first kappa shape index (κ1) is 16.0. The van der Waals surface area contributed by atoms with Crippen molar-refractivity contribution in [3.05, 3.63) is 17.3 Å². The lowest BCUT2D eigenvalue weighted by atomic mass is 9.83. The summed E-state index contributed by atoms with van der Waals surface area (Å²) in [4.78, 5) is 14.5. The number of fused-ring (bicyclic) bond motifs is 4. The van der Waals surface area contributed by atoms with Crippen LogP contribution in [-0.2, 0) is 11.2 Å². The molecule has 1 saturated heterocycles. The highest BCUT2D eigenvalue weighted by molar-refractivity contribution is 5.70. The molecule has 0 aromatic carbocycles. The molecule has 2 aliphatic heterocycles. The summed E-state index contributed by atoms with van der Waals surface area (Å²) in [5, 5.41) is 8.34. The third-order valence-corrected chi connectivity index (χ3v) is 4.77. The van der Waals surface area contributed by atoms with Crippen LogP contribution in [0.2, 0.25) is 0 Å². The van der Waals surface area contributed by atoms with Gasteiger partial charge in [-0.15, -0.1) is 5.10 Å². The second-order valence-corrected chi connectivity index (χ2v) is 6.31. The summed E-state index contributed by atoms with van der Waals surface area (Å²) in [5.41, 5.74) is 4.57. The van der Waals surface area contributed by atoms with Crippen molar-refractivity contribution in [2.24, 2.45) is 5.84 Å². The van der Waals surface area contributed by atoms with Gasteiger partial charge in [0.25, 0.3) is 0 Å². The van der Waals surface area contributed by atoms with Crippen LogP contribution in [0.1, 0.15) is 62.7 Å². The maximum atomic E-state index is 12.6. The summed E-state index contributed by atoms with van der Waals surface area (Å²) in [6, 6.07) is 2.11. The van der Waals surface area contributed by atoms with Crippen LogP contribution in [0.25, 0.3) is 0 Å². The van der Waals surface area contributed by atoms with Gasteiger partial charge in [0.2, 0.25) is 0 Å². The lowest BCUT2D eigenvalue weighted by Gasteiger charge is -2.45. The van der Waals surface area contributed by atoms with Crippen LogP contribution in [0.15, 0.2) is 6.07 Å². The highest BCUT2D eigenvalue weighted by Gasteiger charge is 2.41. The number of piperidine rings is 1. The summed E-state index contributed by atoms with van der Waals surface area (Å²) in [6.07, 6.45) is 6.73. The summed E-state index contributed by atoms with van der Waals surface area (Å²) < 4.78 is 5.50. The Morgan fingerprint density at radius 2 is 2.30 bits per heavy atom. The summed E-state index contributed by atoms with van der Waals surface area (Å²) in [6.45, 7) is 2.64. The molecule has 1 aromatic rings. The molecule has 0 radical (unpaired) electrons. The molecule has 1 fully saturated rings. The first-order valence-corrected chi connectivity index (χ1v) is 8.52. The van der Waals surface area contributed by atoms with Crippen molar-refractivity contribution in [3.63, 3.8) is 0 Å². The van der Waals surface area contributed by atoms with E-state index in [0.717, 1.165) is 56.2 Å². The molecule has 3 heterocycles. The number of anilines is 1. The topological polar surface area (TPSA) is 93.4 Å². The summed E-state index contributed by atoms with van der Waals surface area (Å²) >= 11 is 0. The van der Waals surface area contributed by atoms with Gasteiger partial charge in [-0.25, -0.2) is 10.6 Å². The van der Waals surface area contributed by atoms with Crippen LogP contribution in [0.4, 0.5) is 10.6 Å². The molecule has 1 aromatic heterocycles. The number of hydrogen-bond acceptors (Lipinski definition) is 6. The van der Waals surface area contributed by atoms with Crippen LogP contribution in [0.3, 0.4) is 0 Å². The number of aromatic nitrogens is 2. The van der Waals surface area contributed by atoms with E-state index in [0.29, 0.717) is 12.4 Å². The van der Waals surface area contributed by atoms with Gasteiger partial charge in [0.15, 0.2) is 5.82 Å². The van der Waals surface area contributed by atoms with Gasteiger partial charge < -0.3 is 10.2 Å². The monoisotopic (exact) mass is 319 g/mol. The van der Waals surface area contributed by atoms with E-state index in [1.807, 2.05) is 11.0 Å². The van der Waals surface area contributed by atoms with Crippen molar-refractivity contribution in [3.8, 4) is 0 Å². The molecule has 0 aliphatic carbocycles. The molecule has 3 N–H and O–H groups in total. The Kier molecular flexibility index (Phi) is 4.95. The second-order valence-electron chi connectivity index (χ2n) is 6.31. The Morgan fingerprint density at radius 3 is 3.09 bits per heavy atom. The summed E-state index contributed by atoms with van der Waals surface area (Å²) in [7, 11) is 0. The molecule has 23 heavy (non-hydrogen) atoms. The third-order valence-electron chi connectivity index (χ3n) is 4.77. The number of carbonyl (C=O) groups is 1. The van der Waals surface area contributed by atoms with Crippen LogP contribution < -0.4 is 11.3 Å². The van der Waals surface area contributed by atoms with E-state index in [-0.39, 0.29) is 18.2 Å². The van der Waals surface area contributed by atoms with E-state index in [4.69, 9.17) is 10.6 Å². The first-order valence-electron chi connectivity index (χ1n) is 8.52. The lowest BCUT2D eigenvalue weighted by Crippen LogP contribution is -2.50. The first-order chi connectivity index (χ1) is 11.2. The van der Waals surface area contributed by atoms with Crippen LogP contribution >= 0.6 is 0 Å². The molecule has 2 bridgehead atoms. The van der Waals surface area contributed by atoms with Crippen LogP contribution in [0, 0.1) is 0 Å². The zero-order valence-corrected chi connectivity index (χ0v) is 13.6. The minimum absolute atomic E-state index is 0.0266. The van der Waals surface area contributed by atoms with E-state index in [2.05, 4.69) is 22.5 Å². The third kappa shape index (κ3) is 3.24. The Morgan fingerprint density at radius 1 is 1.43 bits per heavy atom. The number of unbranched alkanes of at least 4 members (excludes halogenated alkanes) is 2. The molecule has 3 rings (SSSR count). The average Bonchev–Trinajstić information content (AvgIpc) is 2.58. The van der Waals surface area contributed by atoms with E-state index in [9.17, 15) is 4.79 Å². The van der Waals surface area contributed by atoms with Crippen LogP contribution in [0.5, 0.6) is 0 Å². The molecule has 7 heteroatoms. The Balaban J connectivity index is 1.77. The maximum absolute atomic E-state index is 12.6. The fourth-order valence-corrected chi connectivity index (χ4v) is 3.62. The number of amides is 1. The largest absolute Gasteiger partial charge is 0.449 e. The molecule has 2 aliphatic rings. The van der Waals surface area contributed by atoms with E-state index in [1.54, 1.807) is 0 Å². The maximum Gasteiger partial charge on any atom is 0.410 e. The molecule has 0 saturated carbocycles. The van der Waals surface area contributed by atoms with Gasteiger partial charge in [0, 0.05) is 18.0 Å². The molecular weight excluding hydrogens is 294 g/mol. The number of hydrogen-bond donors (Lipinski definition) is 2. The smallest absolute Gasteiger partial charge is 0.410 e. The van der Waals surface area contributed by atoms with Gasteiger partial charge in [-0.1, -0.05) is 19.8 Å². The van der Waals surface area contributed by atoms with Gasteiger partial charge in [-0.2, -0.15) is 5.10 Å².